The zero-order chi connectivity index (χ0) is 13.1. The highest BCUT2D eigenvalue weighted by atomic mass is 32.1. The van der Waals surface area contributed by atoms with Crippen molar-refractivity contribution in [1.29, 1.82) is 0 Å². The molecule has 6 heteroatoms. The zero-order valence-electron chi connectivity index (χ0n) is 10.7. The summed E-state index contributed by atoms with van der Waals surface area (Å²) < 4.78 is 1.65. The number of carbonyl (C=O) groups excluding carboxylic acids is 1. The number of aryl methyl sites for hydroxylation is 1. The van der Waals surface area contributed by atoms with E-state index in [-0.39, 0.29) is 5.91 Å². The molecule has 2 rings (SSSR count). The van der Waals surface area contributed by atoms with Gasteiger partial charge < -0.3 is 5.32 Å². The van der Waals surface area contributed by atoms with E-state index in [1.54, 1.807) is 28.4 Å². The van der Waals surface area contributed by atoms with E-state index in [2.05, 4.69) is 29.2 Å². The number of amides is 1. The second-order valence-electron chi connectivity index (χ2n) is 4.46. The van der Waals surface area contributed by atoms with Gasteiger partial charge in [-0.25, -0.2) is 4.98 Å². The summed E-state index contributed by atoms with van der Waals surface area (Å²) in [6.07, 6.45) is 3.69. The highest BCUT2D eigenvalue weighted by Gasteiger charge is 2.10. The molecule has 5 nitrogen and oxygen atoms in total. The van der Waals surface area contributed by atoms with Crippen molar-refractivity contribution in [2.75, 3.05) is 5.32 Å². The fourth-order valence-electron chi connectivity index (χ4n) is 1.52. The first-order valence-electron chi connectivity index (χ1n) is 5.77. The molecule has 0 spiro atoms. The average Bonchev–Trinajstić information content (AvgIpc) is 2.88. The lowest BCUT2D eigenvalue weighted by molar-refractivity contribution is -0.115. The largest absolute Gasteiger partial charge is 0.323 e. The highest BCUT2D eigenvalue weighted by Crippen LogP contribution is 2.19. The number of hydrogen-bond donors (Lipinski definition) is 1. The monoisotopic (exact) mass is 264 g/mol. The first-order chi connectivity index (χ1) is 8.54. The number of aromatic nitrogens is 3. The summed E-state index contributed by atoms with van der Waals surface area (Å²) in [5.74, 6) is 0.341. The molecule has 0 fully saturated rings. The lowest BCUT2D eigenvalue weighted by atomic mass is 10.2. The topological polar surface area (TPSA) is 59.8 Å². The number of hydrogen-bond acceptors (Lipinski definition) is 4. The van der Waals surface area contributed by atoms with Gasteiger partial charge in [0.15, 0.2) is 0 Å². The third-order valence-electron chi connectivity index (χ3n) is 2.39. The van der Waals surface area contributed by atoms with Gasteiger partial charge in [-0.3, -0.25) is 9.48 Å². The summed E-state index contributed by atoms with van der Waals surface area (Å²) in [5.41, 5.74) is 1.53. The van der Waals surface area contributed by atoms with Crippen molar-refractivity contribution in [3.63, 3.8) is 0 Å². The Hall–Kier alpha value is -1.69. The standard InChI is InChI=1S/C12H16N4OS/c1-8(2)12-15-9(7-18-12)4-11(17)14-10-5-13-16(3)6-10/h5-8H,4H2,1-3H3,(H,14,17). The van der Waals surface area contributed by atoms with Gasteiger partial charge in [0.05, 0.1) is 29.0 Å². The van der Waals surface area contributed by atoms with Crippen LogP contribution in [0, 0.1) is 0 Å². The number of nitrogens with zero attached hydrogens (tertiary/aromatic N) is 3. The lowest BCUT2D eigenvalue weighted by Gasteiger charge is -2.00. The second kappa shape index (κ2) is 5.30. The summed E-state index contributed by atoms with van der Waals surface area (Å²) in [5, 5.41) is 9.80. The minimum absolute atomic E-state index is 0.0661. The average molecular weight is 264 g/mol. The summed E-state index contributed by atoms with van der Waals surface area (Å²) in [6.45, 7) is 4.19. The van der Waals surface area contributed by atoms with Crippen molar-refractivity contribution in [3.8, 4) is 0 Å². The van der Waals surface area contributed by atoms with Crippen molar-refractivity contribution >= 4 is 22.9 Å². The number of carbonyl (C=O) groups is 1. The van der Waals surface area contributed by atoms with Gasteiger partial charge in [-0.05, 0) is 0 Å². The van der Waals surface area contributed by atoms with Gasteiger partial charge in [-0.2, -0.15) is 5.10 Å². The van der Waals surface area contributed by atoms with Gasteiger partial charge in [0, 0.05) is 24.5 Å². The van der Waals surface area contributed by atoms with E-state index >= 15 is 0 Å². The van der Waals surface area contributed by atoms with Crippen LogP contribution in [-0.4, -0.2) is 20.7 Å². The van der Waals surface area contributed by atoms with Gasteiger partial charge in [0.2, 0.25) is 5.91 Å². The summed E-state index contributed by atoms with van der Waals surface area (Å²) in [7, 11) is 1.81. The first kappa shape index (κ1) is 12.8. The van der Waals surface area contributed by atoms with Gasteiger partial charge in [-0.15, -0.1) is 11.3 Å². The summed E-state index contributed by atoms with van der Waals surface area (Å²) >= 11 is 1.60. The molecule has 96 valence electrons. The maximum atomic E-state index is 11.8. The normalized spacial score (nSPS) is 10.9. The first-order valence-corrected chi connectivity index (χ1v) is 6.65. The van der Waals surface area contributed by atoms with Crippen LogP contribution >= 0.6 is 11.3 Å². The summed E-state index contributed by atoms with van der Waals surface area (Å²) in [4.78, 5) is 16.2. The highest BCUT2D eigenvalue weighted by molar-refractivity contribution is 7.09. The van der Waals surface area contributed by atoms with Crippen LogP contribution < -0.4 is 5.32 Å². The third kappa shape index (κ3) is 3.16. The third-order valence-corrected chi connectivity index (χ3v) is 3.59. The van der Waals surface area contributed by atoms with Gasteiger partial charge in [0.1, 0.15) is 0 Å². The van der Waals surface area contributed by atoms with Crippen LogP contribution in [-0.2, 0) is 18.3 Å². The predicted molar refractivity (Wildman–Crippen MR) is 71.7 cm³/mol. The fraction of sp³-hybridized carbons (Fsp3) is 0.417. The van der Waals surface area contributed by atoms with E-state index in [9.17, 15) is 4.79 Å². The van der Waals surface area contributed by atoms with Gasteiger partial charge >= 0.3 is 0 Å². The molecule has 0 aromatic carbocycles. The van der Waals surface area contributed by atoms with E-state index < -0.39 is 0 Å². The smallest absolute Gasteiger partial charge is 0.230 e. The Morgan fingerprint density at radius 1 is 1.56 bits per heavy atom. The van der Waals surface area contributed by atoms with Crippen LogP contribution in [0.3, 0.4) is 0 Å². The van der Waals surface area contributed by atoms with Crippen molar-refractivity contribution < 1.29 is 4.79 Å². The second-order valence-corrected chi connectivity index (χ2v) is 5.35. The molecule has 0 radical (unpaired) electrons. The molecule has 0 unspecified atom stereocenters. The Balaban J connectivity index is 1.94. The van der Waals surface area contributed by atoms with Crippen LogP contribution in [0.25, 0.3) is 0 Å². The van der Waals surface area contributed by atoms with Gasteiger partial charge in [0.25, 0.3) is 0 Å². The number of nitrogens with one attached hydrogen (secondary N) is 1. The van der Waals surface area contributed by atoms with Crippen molar-refractivity contribution in [3.05, 3.63) is 28.5 Å². The molecule has 0 aliphatic carbocycles. The van der Waals surface area contributed by atoms with Crippen molar-refractivity contribution in [2.24, 2.45) is 7.05 Å². The molecule has 18 heavy (non-hydrogen) atoms. The van der Waals surface area contributed by atoms with E-state index in [0.717, 1.165) is 10.7 Å². The molecule has 0 aliphatic heterocycles. The lowest BCUT2D eigenvalue weighted by Crippen LogP contribution is -2.14. The molecule has 0 aliphatic rings. The molecule has 1 N–H and O–H groups in total. The van der Waals surface area contributed by atoms with Crippen LogP contribution in [0.1, 0.15) is 30.5 Å². The minimum Gasteiger partial charge on any atom is -0.323 e. The quantitative estimate of drug-likeness (QED) is 0.920. The van der Waals surface area contributed by atoms with Crippen LogP contribution in [0.15, 0.2) is 17.8 Å². The fourth-order valence-corrected chi connectivity index (χ4v) is 2.36. The van der Waals surface area contributed by atoms with Crippen molar-refractivity contribution in [1.82, 2.24) is 14.8 Å². The molecule has 2 heterocycles. The number of rotatable bonds is 4. The molecule has 0 bridgehead atoms. The molecule has 1 amide bonds. The van der Waals surface area contributed by atoms with E-state index in [0.29, 0.717) is 18.0 Å². The Morgan fingerprint density at radius 2 is 2.33 bits per heavy atom. The maximum Gasteiger partial charge on any atom is 0.230 e. The van der Waals surface area contributed by atoms with Crippen LogP contribution in [0.2, 0.25) is 0 Å². The Bertz CT molecular complexity index is 544. The SMILES string of the molecule is CC(C)c1nc(CC(=O)Nc2cnn(C)c2)cs1. The van der Waals surface area contributed by atoms with E-state index in [4.69, 9.17) is 0 Å². The van der Waals surface area contributed by atoms with E-state index in [1.807, 2.05) is 12.4 Å². The molecule has 0 saturated carbocycles. The minimum atomic E-state index is -0.0661. The molecule has 0 saturated heterocycles. The predicted octanol–water partition coefficient (Wildman–Crippen LogP) is 2.18. The van der Waals surface area contributed by atoms with E-state index in [1.165, 1.54) is 0 Å². The van der Waals surface area contributed by atoms with Crippen molar-refractivity contribution in [2.45, 2.75) is 26.2 Å². The Labute approximate surface area is 110 Å². The molecular weight excluding hydrogens is 248 g/mol. The van der Waals surface area contributed by atoms with Gasteiger partial charge in [-0.1, -0.05) is 13.8 Å². The Kier molecular flexibility index (Phi) is 3.76. The molecule has 2 aromatic rings. The number of thiazole rings is 1. The van der Waals surface area contributed by atoms with Crippen LogP contribution in [0.4, 0.5) is 5.69 Å². The molecular formula is C12H16N4OS. The molecule has 2 aromatic heterocycles. The number of anilines is 1. The molecule has 0 atom stereocenters. The maximum absolute atomic E-state index is 11.8. The van der Waals surface area contributed by atoms with Crippen LogP contribution in [0.5, 0.6) is 0 Å². The Morgan fingerprint density at radius 3 is 2.89 bits per heavy atom. The summed E-state index contributed by atoms with van der Waals surface area (Å²) in [6, 6.07) is 0. The zero-order valence-corrected chi connectivity index (χ0v) is 11.5.